The summed E-state index contributed by atoms with van der Waals surface area (Å²) in [6.45, 7) is 10.3. The molecule has 1 aliphatic heterocycles. The zero-order valence-corrected chi connectivity index (χ0v) is 25.4. The molecular formula is C34H60OS. The van der Waals surface area contributed by atoms with Crippen LogP contribution in [0.3, 0.4) is 0 Å². The summed E-state index contributed by atoms with van der Waals surface area (Å²) >= 11 is 2.10. The van der Waals surface area contributed by atoms with Crippen LogP contribution in [-0.2, 0) is 4.74 Å². The Labute approximate surface area is 230 Å². The molecule has 0 aromatic rings. The van der Waals surface area contributed by atoms with E-state index in [2.05, 4.69) is 57.7 Å². The van der Waals surface area contributed by atoms with Crippen molar-refractivity contribution in [3.05, 3.63) is 34.3 Å². The van der Waals surface area contributed by atoms with E-state index in [-0.39, 0.29) is 6.10 Å². The molecule has 2 heteroatoms. The topological polar surface area (TPSA) is 9.23 Å². The number of rotatable bonds is 21. The first-order valence-electron chi connectivity index (χ1n) is 16.1. The van der Waals surface area contributed by atoms with E-state index in [0.29, 0.717) is 11.8 Å². The molecule has 36 heavy (non-hydrogen) atoms. The number of thioether (sulfide) groups is 1. The Balaban J connectivity index is 2.06. The minimum Gasteiger partial charge on any atom is -0.373 e. The van der Waals surface area contributed by atoms with Crippen molar-refractivity contribution in [2.24, 2.45) is 11.8 Å². The second-order valence-electron chi connectivity index (χ2n) is 11.5. The minimum absolute atomic E-state index is 0.231. The van der Waals surface area contributed by atoms with Crippen LogP contribution in [0.5, 0.6) is 0 Å². The third-order valence-electron chi connectivity index (χ3n) is 8.12. The van der Waals surface area contributed by atoms with E-state index < -0.39 is 0 Å². The van der Waals surface area contributed by atoms with Crippen LogP contribution in [0, 0.1) is 11.8 Å². The molecule has 2 rings (SSSR count). The first-order valence-corrected chi connectivity index (χ1v) is 17.1. The smallest absolute Gasteiger partial charge is 0.0869 e. The first-order chi connectivity index (χ1) is 17.7. The summed E-state index contributed by atoms with van der Waals surface area (Å²) < 4.78 is 6.69. The predicted molar refractivity (Wildman–Crippen MR) is 164 cm³/mol. The molecule has 1 aliphatic carbocycles. The second-order valence-corrected chi connectivity index (χ2v) is 12.6. The number of hydrogen-bond donors (Lipinski definition) is 0. The lowest BCUT2D eigenvalue weighted by molar-refractivity contribution is 0.0630. The van der Waals surface area contributed by atoms with Gasteiger partial charge in [-0.2, -0.15) is 0 Å². The van der Waals surface area contributed by atoms with Gasteiger partial charge in [-0.05, 0) is 66.2 Å². The third-order valence-corrected chi connectivity index (χ3v) is 9.38. The number of allylic oxidation sites excluding steroid dienone is 3. The maximum atomic E-state index is 6.69. The van der Waals surface area contributed by atoms with E-state index >= 15 is 0 Å². The molecule has 2 aliphatic rings. The quantitative estimate of drug-likeness (QED) is 0.140. The van der Waals surface area contributed by atoms with Gasteiger partial charge in [-0.25, -0.2) is 0 Å². The molecule has 208 valence electrons. The summed E-state index contributed by atoms with van der Waals surface area (Å²) in [7, 11) is 0. The summed E-state index contributed by atoms with van der Waals surface area (Å²) in [4.78, 5) is 1.59. The molecule has 0 aromatic carbocycles. The number of ether oxygens (including phenoxy) is 1. The Bertz CT molecular complexity index is 646. The molecule has 1 heterocycles. The Morgan fingerprint density at radius 2 is 1.44 bits per heavy atom. The summed E-state index contributed by atoms with van der Waals surface area (Å²) in [5.41, 5.74) is 3.28. The molecule has 3 unspecified atom stereocenters. The highest BCUT2D eigenvalue weighted by Gasteiger charge is 2.30. The van der Waals surface area contributed by atoms with Gasteiger partial charge < -0.3 is 4.74 Å². The molecule has 0 saturated carbocycles. The fourth-order valence-corrected chi connectivity index (χ4v) is 6.93. The van der Waals surface area contributed by atoms with Crippen LogP contribution in [0.15, 0.2) is 34.3 Å². The highest BCUT2D eigenvalue weighted by Crippen LogP contribution is 2.41. The summed E-state index contributed by atoms with van der Waals surface area (Å²) in [6.07, 6.45) is 33.5. The van der Waals surface area contributed by atoms with Crippen LogP contribution < -0.4 is 0 Å². The molecule has 0 spiro atoms. The molecule has 3 atom stereocenters. The van der Waals surface area contributed by atoms with E-state index in [1.165, 1.54) is 128 Å². The maximum absolute atomic E-state index is 6.69. The second kappa shape index (κ2) is 20.5. The third kappa shape index (κ3) is 12.4. The van der Waals surface area contributed by atoms with Gasteiger partial charge in [-0.3, -0.25) is 0 Å². The highest BCUT2D eigenvalue weighted by molar-refractivity contribution is 8.03. The standard InChI is InChI=1S/C34H60OS/c1-5-8-11-13-15-16-18-23-30-27-32(34-24-19-21-26-36-34)33(28-31(30)29(4)22-10-7-3)35-25-20-17-14-12-9-6-2/h24,27-29,32-33H,5-23,25-26H2,1-4H3. The van der Waals surface area contributed by atoms with Crippen molar-refractivity contribution in [2.45, 2.75) is 156 Å². The normalized spacial score (nSPS) is 21.2. The molecule has 0 N–H and O–H groups in total. The van der Waals surface area contributed by atoms with Gasteiger partial charge >= 0.3 is 0 Å². The van der Waals surface area contributed by atoms with Crippen LogP contribution >= 0.6 is 11.8 Å². The first kappa shape index (κ1) is 31.7. The summed E-state index contributed by atoms with van der Waals surface area (Å²) in [5.74, 6) is 2.36. The molecule has 0 radical (unpaired) electrons. The van der Waals surface area contributed by atoms with Crippen molar-refractivity contribution in [3.63, 3.8) is 0 Å². The van der Waals surface area contributed by atoms with E-state index in [4.69, 9.17) is 4.74 Å². The van der Waals surface area contributed by atoms with Gasteiger partial charge in [-0.15, -0.1) is 11.8 Å². The average Bonchev–Trinajstić information content (AvgIpc) is 2.91. The van der Waals surface area contributed by atoms with Gasteiger partial charge in [0.15, 0.2) is 0 Å². The Morgan fingerprint density at radius 3 is 2.08 bits per heavy atom. The SMILES string of the molecule is CCCCCCCCCC1=CC(C2=CCCCS2)C(OCCCCCCCC)C=C1C(C)CCCC. The van der Waals surface area contributed by atoms with Crippen molar-refractivity contribution in [2.75, 3.05) is 12.4 Å². The Hall–Kier alpha value is -0.470. The molecule has 0 bridgehead atoms. The van der Waals surface area contributed by atoms with Crippen molar-refractivity contribution >= 4 is 11.8 Å². The van der Waals surface area contributed by atoms with Crippen LogP contribution in [0.1, 0.15) is 150 Å². The maximum Gasteiger partial charge on any atom is 0.0869 e. The van der Waals surface area contributed by atoms with Gasteiger partial charge in [-0.1, -0.05) is 129 Å². The Kier molecular flexibility index (Phi) is 18.1. The van der Waals surface area contributed by atoms with Crippen LogP contribution in [0.4, 0.5) is 0 Å². The van der Waals surface area contributed by atoms with Crippen molar-refractivity contribution < 1.29 is 4.74 Å². The lowest BCUT2D eigenvalue weighted by atomic mass is 9.79. The zero-order valence-electron chi connectivity index (χ0n) is 24.6. The molecular weight excluding hydrogens is 456 g/mol. The van der Waals surface area contributed by atoms with E-state index in [0.717, 1.165) is 6.61 Å². The monoisotopic (exact) mass is 516 g/mol. The van der Waals surface area contributed by atoms with E-state index in [1.54, 1.807) is 16.1 Å². The van der Waals surface area contributed by atoms with Crippen LogP contribution in [0.25, 0.3) is 0 Å². The van der Waals surface area contributed by atoms with Gasteiger partial charge in [0.2, 0.25) is 0 Å². The average molecular weight is 517 g/mol. The fraction of sp³-hybridized carbons (Fsp3) is 0.824. The van der Waals surface area contributed by atoms with Gasteiger partial charge in [0.05, 0.1) is 6.10 Å². The summed E-state index contributed by atoms with van der Waals surface area (Å²) in [5, 5.41) is 0. The van der Waals surface area contributed by atoms with Crippen LogP contribution in [0.2, 0.25) is 0 Å². The van der Waals surface area contributed by atoms with Crippen molar-refractivity contribution in [1.29, 1.82) is 0 Å². The summed E-state index contributed by atoms with van der Waals surface area (Å²) in [6, 6.07) is 0. The molecule has 1 nitrogen and oxygen atoms in total. The minimum atomic E-state index is 0.231. The zero-order chi connectivity index (χ0) is 25.8. The molecule has 0 amide bonds. The lowest BCUT2D eigenvalue weighted by Gasteiger charge is -2.34. The lowest BCUT2D eigenvalue weighted by Crippen LogP contribution is -2.28. The number of unbranched alkanes of at least 4 members (excludes halogenated alkanes) is 12. The van der Waals surface area contributed by atoms with Crippen molar-refractivity contribution in [3.8, 4) is 0 Å². The van der Waals surface area contributed by atoms with E-state index in [9.17, 15) is 0 Å². The molecule has 0 aromatic heterocycles. The highest BCUT2D eigenvalue weighted by atomic mass is 32.2. The molecule has 0 saturated heterocycles. The number of hydrogen-bond acceptors (Lipinski definition) is 2. The largest absolute Gasteiger partial charge is 0.373 e. The molecule has 0 fully saturated rings. The van der Waals surface area contributed by atoms with Gasteiger partial charge in [0.1, 0.15) is 0 Å². The van der Waals surface area contributed by atoms with Crippen molar-refractivity contribution in [1.82, 2.24) is 0 Å². The van der Waals surface area contributed by atoms with Gasteiger partial charge in [0, 0.05) is 12.5 Å². The predicted octanol–water partition coefficient (Wildman–Crippen LogP) is 11.6. The van der Waals surface area contributed by atoms with Crippen LogP contribution in [-0.4, -0.2) is 18.5 Å². The van der Waals surface area contributed by atoms with Gasteiger partial charge in [0.25, 0.3) is 0 Å². The fourth-order valence-electron chi connectivity index (χ4n) is 5.75. The van der Waals surface area contributed by atoms with E-state index in [1.807, 2.05) is 0 Å². The Morgan fingerprint density at radius 1 is 0.806 bits per heavy atom.